The minimum Gasteiger partial charge on any atom is -0.419 e. The van der Waals surface area contributed by atoms with E-state index >= 15 is 0 Å². The standard InChI is InChI=1S/C31H35NO5.ClH/c1-4-26(32-25-7-5-6-8-25)29(33)24-17-18-27(36-30(34)22-13-9-20(2)10-14-22)28(19-24)37-31(35)23-15-11-21(3)12-16-23;/h9-19,25-26,29,32-33H,4-8H2,1-3H3;1H. The molecule has 2 unspecified atom stereocenters. The minimum atomic E-state index is -0.815. The fourth-order valence-corrected chi connectivity index (χ4v) is 4.63. The number of aliphatic hydroxyl groups is 1. The Morgan fingerprint density at radius 2 is 1.34 bits per heavy atom. The zero-order valence-corrected chi connectivity index (χ0v) is 22.9. The first-order valence-electron chi connectivity index (χ1n) is 13.0. The van der Waals surface area contributed by atoms with Crippen LogP contribution in [0.15, 0.2) is 66.7 Å². The van der Waals surface area contributed by atoms with E-state index in [1.54, 1.807) is 42.5 Å². The van der Waals surface area contributed by atoms with Gasteiger partial charge in [-0.15, -0.1) is 12.4 Å². The number of aryl methyl sites for hydroxylation is 2. The van der Waals surface area contributed by atoms with Gasteiger partial charge in [0.05, 0.1) is 17.2 Å². The normalized spacial score (nSPS) is 14.8. The van der Waals surface area contributed by atoms with Gasteiger partial charge < -0.3 is 19.9 Å². The maximum atomic E-state index is 12.9. The van der Waals surface area contributed by atoms with Crippen molar-refractivity contribution in [2.24, 2.45) is 0 Å². The molecule has 0 amide bonds. The molecule has 0 bridgehead atoms. The van der Waals surface area contributed by atoms with Crippen molar-refractivity contribution in [3.63, 3.8) is 0 Å². The highest BCUT2D eigenvalue weighted by Gasteiger charge is 2.26. The minimum absolute atomic E-state index is 0. The summed E-state index contributed by atoms with van der Waals surface area (Å²) >= 11 is 0. The highest BCUT2D eigenvalue weighted by Crippen LogP contribution is 2.34. The number of carbonyl (C=O) groups excluding carboxylic acids is 2. The lowest BCUT2D eigenvalue weighted by molar-refractivity contribution is 0.0680. The van der Waals surface area contributed by atoms with E-state index in [0.717, 1.165) is 30.4 Å². The summed E-state index contributed by atoms with van der Waals surface area (Å²) in [5.41, 5.74) is 3.40. The van der Waals surface area contributed by atoms with Crippen LogP contribution in [0.3, 0.4) is 0 Å². The zero-order chi connectivity index (χ0) is 26.4. The van der Waals surface area contributed by atoms with Gasteiger partial charge >= 0.3 is 11.9 Å². The molecule has 4 rings (SSSR count). The van der Waals surface area contributed by atoms with Gasteiger partial charge in [0, 0.05) is 12.1 Å². The molecule has 3 aromatic carbocycles. The largest absolute Gasteiger partial charge is 0.419 e. The van der Waals surface area contributed by atoms with Gasteiger partial charge in [-0.1, -0.05) is 61.2 Å². The van der Waals surface area contributed by atoms with Crippen molar-refractivity contribution in [3.05, 3.63) is 94.5 Å². The molecule has 0 heterocycles. The molecule has 0 aromatic heterocycles. The molecule has 202 valence electrons. The number of rotatable bonds is 9. The summed E-state index contributed by atoms with van der Waals surface area (Å²) in [7, 11) is 0. The van der Waals surface area contributed by atoms with E-state index < -0.39 is 18.0 Å². The van der Waals surface area contributed by atoms with Gasteiger partial charge in [-0.3, -0.25) is 0 Å². The van der Waals surface area contributed by atoms with Gasteiger partial charge in [0.2, 0.25) is 0 Å². The van der Waals surface area contributed by atoms with Gasteiger partial charge in [-0.05, 0) is 75.1 Å². The number of ether oxygens (including phenoxy) is 2. The van der Waals surface area contributed by atoms with E-state index in [4.69, 9.17) is 9.47 Å². The van der Waals surface area contributed by atoms with Crippen molar-refractivity contribution >= 4 is 24.3 Å². The van der Waals surface area contributed by atoms with Crippen molar-refractivity contribution in [1.29, 1.82) is 0 Å². The van der Waals surface area contributed by atoms with Crippen LogP contribution in [-0.2, 0) is 0 Å². The molecule has 7 heteroatoms. The summed E-state index contributed by atoms with van der Waals surface area (Å²) in [6, 6.07) is 19.2. The number of benzene rings is 3. The van der Waals surface area contributed by atoms with Crippen molar-refractivity contribution < 1.29 is 24.2 Å². The Bertz CT molecular complexity index is 1220. The van der Waals surface area contributed by atoms with Crippen LogP contribution in [0.5, 0.6) is 11.5 Å². The van der Waals surface area contributed by atoms with Gasteiger partial charge in [0.1, 0.15) is 0 Å². The van der Waals surface area contributed by atoms with E-state index in [9.17, 15) is 14.7 Å². The van der Waals surface area contributed by atoms with Gasteiger partial charge in [0.25, 0.3) is 0 Å². The summed E-state index contributed by atoms with van der Waals surface area (Å²) < 4.78 is 11.4. The average Bonchev–Trinajstić information content (AvgIpc) is 3.42. The Morgan fingerprint density at radius 3 is 1.84 bits per heavy atom. The van der Waals surface area contributed by atoms with Crippen LogP contribution in [0.4, 0.5) is 0 Å². The quantitative estimate of drug-likeness (QED) is 0.239. The third kappa shape index (κ3) is 7.44. The third-order valence-electron chi connectivity index (χ3n) is 6.92. The first-order valence-corrected chi connectivity index (χ1v) is 13.0. The molecular formula is C31H36ClNO5. The molecule has 1 saturated carbocycles. The molecule has 1 aliphatic rings. The Hall–Kier alpha value is -3.19. The number of nitrogens with one attached hydrogen (secondary N) is 1. The summed E-state index contributed by atoms with van der Waals surface area (Å²) in [6.07, 6.45) is 4.53. The summed E-state index contributed by atoms with van der Waals surface area (Å²) in [5.74, 6) is -0.942. The monoisotopic (exact) mass is 537 g/mol. The van der Waals surface area contributed by atoms with Gasteiger partial charge in [-0.2, -0.15) is 0 Å². The van der Waals surface area contributed by atoms with E-state index in [2.05, 4.69) is 5.32 Å². The lowest BCUT2D eigenvalue weighted by Crippen LogP contribution is -2.40. The zero-order valence-electron chi connectivity index (χ0n) is 22.1. The van der Waals surface area contributed by atoms with Crippen molar-refractivity contribution in [3.8, 4) is 11.5 Å². The second-order valence-corrected chi connectivity index (χ2v) is 9.82. The SMILES string of the molecule is CCC(NC1CCCC1)C(O)c1ccc(OC(=O)c2ccc(C)cc2)c(OC(=O)c2ccc(C)cc2)c1.Cl. The smallest absolute Gasteiger partial charge is 0.343 e. The summed E-state index contributed by atoms with van der Waals surface area (Å²) in [5, 5.41) is 14.8. The van der Waals surface area contributed by atoms with Crippen molar-refractivity contribution in [2.45, 2.75) is 71.1 Å². The van der Waals surface area contributed by atoms with Crippen LogP contribution in [0.1, 0.15) is 82.5 Å². The third-order valence-corrected chi connectivity index (χ3v) is 6.92. The van der Waals surface area contributed by atoms with E-state index in [1.807, 2.05) is 45.0 Å². The predicted molar refractivity (Wildman–Crippen MR) is 150 cm³/mol. The molecule has 0 aliphatic heterocycles. The number of carbonyl (C=O) groups is 2. The molecule has 38 heavy (non-hydrogen) atoms. The number of esters is 2. The Morgan fingerprint density at radius 1 is 0.842 bits per heavy atom. The molecule has 0 saturated heterocycles. The van der Waals surface area contributed by atoms with Crippen LogP contribution >= 0.6 is 12.4 Å². The van der Waals surface area contributed by atoms with Crippen LogP contribution < -0.4 is 14.8 Å². The average molecular weight is 538 g/mol. The number of hydrogen-bond donors (Lipinski definition) is 2. The van der Waals surface area contributed by atoms with E-state index in [-0.39, 0.29) is 29.9 Å². The molecule has 1 aliphatic carbocycles. The van der Waals surface area contributed by atoms with Crippen LogP contribution in [0.2, 0.25) is 0 Å². The molecular weight excluding hydrogens is 502 g/mol. The maximum Gasteiger partial charge on any atom is 0.343 e. The Labute approximate surface area is 230 Å². The fourth-order valence-electron chi connectivity index (χ4n) is 4.63. The highest BCUT2D eigenvalue weighted by molar-refractivity contribution is 5.93. The second-order valence-electron chi connectivity index (χ2n) is 9.82. The molecule has 6 nitrogen and oxygen atoms in total. The second kappa shape index (κ2) is 13.6. The summed E-state index contributed by atoms with van der Waals surface area (Å²) in [6.45, 7) is 5.91. The van der Waals surface area contributed by atoms with Crippen molar-refractivity contribution in [1.82, 2.24) is 5.32 Å². The number of halogens is 1. The lowest BCUT2D eigenvalue weighted by atomic mass is 9.98. The van der Waals surface area contributed by atoms with E-state index in [1.165, 1.54) is 12.8 Å². The Kier molecular flexibility index (Phi) is 10.5. The number of aliphatic hydroxyl groups excluding tert-OH is 1. The predicted octanol–water partition coefficient (Wildman–Crippen LogP) is 6.51. The topological polar surface area (TPSA) is 84.9 Å². The summed E-state index contributed by atoms with van der Waals surface area (Å²) in [4.78, 5) is 25.8. The molecule has 0 radical (unpaired) electrons. The van der Waals surface area contributed by atoms with Crippen molar-refractivity contribution in [2.75, 3.05) is 0 Å². The molecule has 1 fully saturated rings. The highest BCUT2D eigenvalue weighted by atomic mass is 35.5. The first-order chi connectivity index (χ1) is 17.8. The van der Waals surface area contributed by atoms with E-state index in [0.29, 0.717) is 22.7 Å². The molecule has 0 spiro atoms. The lowest BCUT2D eigenvalue weighted by Gasteiger charge is -2.27. The molecule has 3 aromatic rings. The fraction of sp³-hybridized carbons (Fsp3) is 0.355. The van der Waals surface area contributed by atoms with Crippen LogP contribution in [0.25, 0.3) is 0 Å². The van der Waals surface area contributed by atoms with Crippen LogP contribution in [-0.4, -0.2) is 29.1 Å². The first kappa shape index (κ1) is 29.4. The maximum absolute atomic E-state index is 12.9. The molecule has 2 atom stereocenters. The van der Waals surface area contributed by atoms with Gasteiger partial charge in [0.15, 0.2) is 11.5 Å². The Balaban J connectivity index is 0.00000400. The van der Waals surface area contributed by atoms with Gasteiger partial charge in [-0.25, -0.2) is 9.59 Å². The number of hydrogen-bond acceptors (Lipinski definition) is 6. The van der Waals surface area contributed by atoms with Crippen LogP contribution in [0, 0.1) is 13.8 Å². The molecule has 2 N–H and O–H groups in total.